The van der Waals surface area contributed by atoms with Gasteiger partial charge in [0.25, 0.3) is 0 Å². The Balaban J connectivity index is 1.41. The highest BCUT2D eigenvalue weighted by atomic mass is 19.4. The largest absolute Gasteiger partial charge is 0.416 e. The van der Waals surface area contributed by atoms with E-state index in [1.54, 1.807) is 18.3 Å². The molecule has 0 spiro atoms. The van der Waals surface area contributed by atoms with E-state index in [1.807, 2.05) is 18.2 Å². The van der Waals surface area contributed by atoms with E-state index in [0.29, 0.717) is 24.2 Å². The summed E-state index contributed by atoms with van der Waals surface area (Å²) in [5.41, 5.74) is 0.908. The third kappa shape index (κ3) is 3.41. The van der Waals surface area contributed by atoms with Gasteiger partial charge in [-0.1, -0.05) is 24.3 Å². The van der Waals surface area contributed by atoms with Crippen molar-refractivity contribution in [2.75, 3.05) is 13.1 Å². The molecule has 0 saturated carbocycles. The van der Waals surface area contributed by atoms with Crippen molar-refractivity contribution < 1.29 is 13.2 Å². The smallest absolute Gasteiger partial charge is 0.294 e. The maximum atomic E-state index is 13.2. The molecule has 0 amide bonds. The Morgan fingerprint density at radius 1 is 0.960 bits per heavy atom. The third-order valence-electron chi connectivity index (χ3n) is 5.21. The number of benzene rings is 1. The van der Waals surface area contributed by atoms with Crippen LogP contribution < -0.4 is 0 Å². The van der Waals surface area contributed by atoms with E-state index in [0.717, 1.165) is 31.7 Å². The van der Waals surface area contributed by atoms with Gasteiger partial charge in [0, 0.05) is 44.5 Å². The monoisotopic (exact) mass is 347 g/mol. The Kier molecular flexibility index (Phi) is 4.25. The van der Waals surface area contributed by atoms with Gasteiger partial charge in [0.05, 0.1) is 11.3 Å². The van der Waals surface area contributed by atoms with E-state index >= 15 is 0 Å². The summed E-state index contributed by atoms with van der Waals surface area (Å²) in [6.07, 6.45) is -1.42. The molecular weight excluding hydrogens is 327 g/mol. The molecule has 0 aliphatic carbocycles. The quantitative estimate of drug-likeness (QED) is 0.843. The van der Waals surface area contributed by atoms with Crippen LogP contribution >= 0.6 is 0 Å². The average Bonchev–Trinajstić information content (AvgIpc) is 2.60. The molecule has 3 nitrogen and oxygen atoms in total. The van der Waals surface area contributed by atoms with Gasteiger partial charge in [-0.3, -0.25) is 14.8 Å². The second kappa shape index (κ2) is 6.42. The molecule has 1 aromatic carbocycles. The average molecular weight is 347 g/mol. The Bertz CT molecular complexity index is 720. The summed E-state index contributed by atoms with van der Waals surface area (Å²) < 4.78 is 39.5. The number of nitrogens with zero attached hydrogens (tertiary/aromatic N) is 3. The minimum absolute atomic E-state index is 0.337. The fourth-order valence-corrected chi connectivity index (χ4v) is 4.01. The van der Waals surface area contributed by atoms with Crippen molar-refractivity contribution in [3.8, 4) is 0 Å². The topological polar surface area (TPSA) is 19.4 Å². The maximum absolute atomic E-state index is 13.2. The predicted octanol–water partition coefficient (Wildman–Crippen LogP) is 3.56. The van der Waals surface area contributed by atoms with Gasteiger partial charge in [-0.15, -0.1) is 0 Å². The molecule has 0 N–H and O–H groups in total. The molecule has 5 rings (SSSR count). The lowest BCUT2D eigenvalue weighted by Gasteiger charge is -2.56. The van der Waals surface area contributed by atoms with Crippen molar-refractivity contribution in [3.63, 3.8) is 0 Å². The number of pyridine rings is 1. The summed E-state index contributed by atoms with van der Waals surface area (Å²) in [7, 11) is 0. The molecular formula is C19H20F3N3. The van der Waals surface area contributed by atoms with Crippen LogP contribution in [0.1, 0.15) is 23.2 Å². The minimum Gasteiger partial charge on any atom is -0.294 e. The number of piperazine rings is 1. The summed E-state index contributed by atoms with van der Waals surface area (Å²) in [4.78, 5) is 8.93. The number of piperidine rings is 1. The van der Waals surface area contributed by atoms with Crippen molar-refractivity contribution in [3.05, 3.63) is 65.5 Å². The number of fused-ring (bicyclic) bond motifs is 2. The highest BCUT2D eigenvalue weighted by molar-refractivity contribution is 5.30. The van der Waals surface area contributed by atoms with Crippen LogP contribution in [0.2, 0.25) is 0 Å². The standard InChI is InChI=1S/C19H20F3N3/c20-19(21,22)18-7-2-1-5-14(18)10-25-16-9-17(25)13-24(12-16)11-15-6-3-4-8-23-15/h1-8,16-17H,9-13H2. The summed E-state index contributed by atoms with van der Waals surface area (Å²) in [6, 6.07) is 12.5. The lowest BCUT2D eigenvalue weighted by atomic mass is 9.86. The number of alkyl halides is 3. The van der Waals surface area contributed by atoms with Gasteiger partial charge >= 0.3 is 6.18 Å². The number of hydrogen-bond donors (Lipinski definition) is 0. The fraction of sp³-hybridized carbons (Fsp3) is 0.421. The minimum atomic E-state index is -4.29. The molecule has 2 aromatic rings. The van der Waals surface area contributed by atoms with Crippen LogP contribution in [0, 0.1) is 0 Å². The van der Waals surface area contributed by atoms with Gasteiger partial charge < -0.3 is 0 Å². The normalized spacial score (nSPS) is 24.1. The molecule has 2 unspecified atom stereocenters. The molecule has 6 heteroatoms. The van der Waals surface area contributed by atoms with Gasteiger partial charge in [-0.25, -0.2) is 0 Å². The van der Waals surface area contributed by atoms with Crippen LogP contribution in [-0.2, 0) is 19.3 Å². The van der Waals surface area contributed by atoms with Gasteiger partial charge in [-0.05, 0) is 30.2 Å². The summed E-state index contributed by atoms with van der Waals surface area (Å²) in [5, 5.41) is 0. The molecule has 0 radical (unpaired) electrons. The van der Waals surface area contributed by atoms with E-state index in [-0.39, 0.29) is 0 Å². The molecule has 4 heterocycles. The van der Waals surface area contributed by atoms with Crippen LogP contribution in [0.15, 0.2) is 48.7 Å². The Morgan fingerprint density at radius 2 is 1.68 bits per heavy atom. The van der Waals surface area contributed by atoms with E-state index in [1.165, 1.54) is 12.1 Å². The summed E-state index contributed by atoms with van der Waals surface area (Å²) in [6.45, 7) is 2.96. The van der Waals surface area contributed by atoms with Crippen molar-refractivity contribution in [2.45, 2.75) is 37.8 Å². The van der Waals surface area contributed by atoms with E-state index in [2.05, 4.69) is 14.8 Å². The Labute approximate surface area is 145 Å². The zero-order valence-electron chi connectivity index (χ0n) is 13.8. The SMILES string of the molecule is FC(F)(F)c1ccccc1CN1C2CC1CN(Cc1ccccn1)C2. The second-order valence-corrected chi connectivity index (χ2v) is 6.89. The van der Waals surface area contributed by atoms with E-state index in [9.17, 15) is 13.2 Å². The lowest BCUT2D eigenvalue weighted by Crippen LogP contribution is -2.67. The molecule has 25 heavy (non-hydrogen) atoms. The summed E-state index contributed by atoms with van der Waals surface area (Å²) in [5.74, 6) is 0. The summed E-state index contributed by atoms with van der Waals surface area (Å²) >= 11 is 0. The van der Waals surface area contributed by atoms with Gasteiger partial charge in [0.1, 0.15) is 0 Å². The zero-order valence-corrected chi connectivity index (χ0v) is 13.8. The molecule has 3 fully saturated rings. The maximum Gasteiger partial charge on any atom is 0.416 e. The van der Waals surface area contributed by atoms with Crippen LogP contribution in [0.4, 0.5) is 13.2 Å². The number of halogens is 3. The van der Waals surface area contributed by atoms with Crippen molar-refractivity contribution in [1.82, 2.24) is 14.8 Å². The first kappa shape index (κ1) is 16.5. The fourth-order valence-electron chi connectivity index (χ4n) is 4.01. The molecule has 132 valence electrons. The van der Waals surface area contributed by atoms with Crippen molar-refractivity contribution in [1.29, 1.82) is 0 Å². The molecule has 3 aliphatic heterocycles. The number of aromatic nitrogens is 1. The first-order valence-corrected chi connectivity index (χ1v) is 8.54. The van der Waals surface area contributed by atoms with Crippen LogP contribution in [0.5, 0.6) is 0 Å². The molecule has 2 bridgehead atoms. The third-order valence-corrected chi connectivity index (χ3v) is 5.21. The van der Waals surface area contributed by atoms with Crippen molar-refractivity contribution in [2.24, 2.45) is 0 Å². The number of hydrogen-bond acceptors (Lipinski definition) is 3. The Hall–Kier alpha value is -1.92. The predicted molar refractivity (Wildman–Crippen MR) is 88.7 cm³/mol. The number of rotatable bonds is 4. The van der Waals surface area contributed by atoms with Gasteiger partial charge in [0.15, 0.2) is 0 Å². The molecule has 3 aliphatic rings. The first-order chi connectivity index (χ1) is 12.0. The Morgan fingerprint density at radius 3 is 2.36 bits per heavy atom. The lowest BCUT2D eigenvalue weighted by molar-refractivity contribution is -0.139. The molecule has 3 saturated heterocycles. The molecule has 1 aromatic heterocycles. The van der Waals surface area contributed by atoms with E-state index in [4.69, 9.17) is 0 Å². The highest BCUT2D eigenvalue weighted by Crippen LogP contribution is 2.37. The van der Waals surface area contributed by atoms with Crippen LogP contribution in [-0.4, -0.2) is 40.0 Å². The van der Waals surface area contributed by atoms with Crippen LogP contribution in [0.3, 0.4) is 0 Å². The van der Waals surface area contributed by atoms with Crippen LogP contribution in [0.25, 0.3) is 0 Å². The van der Waals surface area contributed by atoms with Gasteiger partial charge in [0.2, 0.25) is 0 Å². The molecule has 2 atom stereocenters. The van der Waals surface area contributed by atoms with E-state index < -0.39 is 11.7 Å². The first-order valence-electron chi connectivity index (χ1n) is 8.54. The van der Waals surface area contributed by atoms with Gasteiger partial charge in [-0.2, -0.15) is 13.2 Å². The highest BCUT2D eigenvalue weighted by Gasteiger charge is 2.45. The zero-order chi connectivity index (χ0) is 17.4. The van der Waals surface area contributed by atoms with Crippen molar-refractivity contribution >= 4 is 0 Å². The second-order valence-electron chi connectivity index (χ2n) is 6.89.